The minimum Gasteiger partial charge on any atom is -0.393 e. The first-order valence-electron chi connectivity index (χ1n) is 5.96. The van der Waals surface area contributed by atoms with Crippen LogP contribution in [-0.2, 0) is 9.53 Å². The number of hydrogen-bond donors (Lipinski definition) is 1. The van der Waals surface area contributed by atoms with E-state index in [-0.39, 0.29) is 18.6 Å². The Bertz CT molecular complexity index is 257. The molecule has 0 aromatic rings. The molecule has 0 radical (unpaired) electrons. The van der Waals surface area contributed by atoms with Crippen LogP contribution in [0.3, 0.4) is 0 Å². The fraction of sp³-hybridized carbons (Fsp3) is 0.833. The van der Waals surface area contributed by atoms with Gasteiger partial charge >= 0.3 is 0 Å². The van der Waals surface area contributed by atoms with Crippen molar-refractivity contribution < 1.29 is 9.53 Å². The van der Waals surface area contributed by atoms with Crippen LogP contribution in [0.1, 0.15) is 33.6 Å². The molecule has 1 unspecified atom stereocenters. The molecule has 4 nitrogen and oxygen atoms in total. The van der Waals surface area contributed by atoms with Crippen LogP contribution in [-0.4, -0.2) is 42.1 Å². The molecule has 0 aromatic carbocycles. The second kappa shape index (κ2) is 8.42. The molecule has 0 aliphatic rings. The zero-order chi connectivity index (χ0) is 13.4. The molecular formula is C12H24N2O2S. The molecule has 0 bridgehead atoms. The normalized spacial score (nSPS) is 12.5. The quantitative estimate of drug-likeness (QED) is 0.673. The lowest BCUT2D eigenvalue weighted by Gasteiger charge is -2.19. The van der Waals surface area contributed by atoms with Crippen molar-refractivity contribution in [1.29, 1.82) is 0 Å². The molecule has 1 amide bonds. The smallest absolute Gasteiger partial charge is 0.248 e. The minimum atomic E-state index is -0.0307. The van der Waals surface area contributed by atoms with E-state index in [4.69, 9.17) is 22.7 Å². The molecule has 0 aromatic heterocycles. The topological polar surface area (TPSA) is 55.6 Å². The van der Waals surface area contributed by atoms with Crippen molar-refractivity contribution in [3.8, 4) is 0 Å². The highest BCUT2D eigenvalue weighted by Gasteiger charge is 2.12. The average Bonchev–Trinajstić information content (AvgIpc) is 2.21. The summed E-state index contributed by atoms with van der Waals surface area (Å²) < 4.78 is 5.49. The number of amides is 1. The first kappa shape index (κ1) is 16.3. The minimum absolute atomic E-state index is 0.0307. The Morgan fingerprint density at radius 1 is 1.41 bits per heavy atom. The molecule has 0 saturated heterocycles. The third-order valence-electron chi connectivity index (χ3n) is 2.41. The van der Waals surface area contributed by atoms with E-state index in [1.807, 2.05) is 6.92 Å². The third-order valence-corrected chi connectivity index (χ3v) is 2.62. The van der Waals surface area contributed by atoms with E-state index in [9.17, 15) is 4.79 Å². The number of nitrogens with zero attached hydrogens (tertiary/aromatic N) is 1. The Morgan fingerprint density at radius 2 is 2.00 bits per heavy atom. The molecule has 0 heterocycles. The van der Waals surface area contributed by atoms with Crippen molar-refractivity contribution in [2.24, 2.45) is 11.7 Å². The van der Waals surface area contributed by atoms with E-state index in [1.54, 1.807) is 11.9 Å². The summed E-state index contributed by atoms with van der Waals surface area (Å²) in [5.41, 5.74) is 5.38. The van der Waals surface area contributed by atoms with Gasteiger partial charge in [0.25, 0.3) is 0 Å². The standard InChI is InChI=1S/C12H24N2O2S/c1-9(2)7-10(3)16-8-12(15)14(4)6-5-11(13)17/h9-10H,5-8H2,1-4H3,(H2,13,17). The fourth-order valence-electron chi connectivity index (χ4n) is 1.46. The van der Waals surface area contributed by atoms with Crippen LogP contribution in [0.2, 0.25) is 0 Å². The first-order valence-corrected chi connectivity index (χ1v) is 6.37. The van der Waals surface area contributed by atoms with Crippen molar-refractivity contribution >= 4 is 23.1 Å². The van der Waals surface area contributed by atoms with Crippen LogP contribution in [0.25, 0.3) is 0 Å². The van der Waals surface area contributed by atoms with Crippen LogP contribution >= 0.6 is 12.2 Å². The van der Waals surface area contributed by atoms with Gasteiger partial charge in [-0.3, -0.25) is 4.79 Å². The summed E-state index contributed by atoms with van der Waals surface area (Å²) in [6.45, 7) is 6.94. The predicted octanol–water partition coefficient (Wildman–Crippen LogP) is 1.57. The van der Waals surface area contributed by atoms with Gasteiger partial charge in [-0.05, 0) is 19.3 Å². The lowest BCUT2D eigenvalue weighted by atomic mass is 10.1. The van der Waals surface area contributed by atoms with Crippen LogP contribution in [0.15, 0.2) is 0 Å². The number of rotatable bonds is 8. The van der Waals surface area contributed by atoms with Crippen LogP contribution in [0, 0.1) is 5.92 Å². The van der Waals surface area contributed by atoms with Crippen LogP contribution in [0.5, 0.6) is 0 Å². The maximum atomic E-state index is 11.7. The van der Waals surface area contributed by atoms with E-state index < -0.39 is 0 Å². The number of carbonyl (C=O) groups excluding carboxylic acids is 1. The maximum absolute atomic E-state index is 11.7. The molecule has 0 fully saturated rings. The van der Waals surface area contributed by atoms with Crippen LogP contribution < -0.4 is 5.73 Å². The Kier molecular flexibility index (Phi) is 8.08. The summed E-state index contributed by atoms with van der Waals surface area (Å²) >= 11 is 4.76. The maximum Gasteiger partial charge on any atom is 0.248 e. The zero-order valence-corrected chi connectivity index (χ0v) is 12.0. The van der Waals surface area contributed by atoms with Crippen LogP contribution in [0.4, 0.5) is 0 Å². The summed E-state index contributed by atoms with van der Waals surface area (Å²) in [7, 11) is 1.73. The lowest BCUT2D eigenvalue weighted by molar-refractivity contribution is -0.136. The van der Waals surface area contributed by atoms with Crippen molar-refractivity contribution in [3.05, 3.63) is 0 Å². The molecule has 0 aliphatic heterocycles. The monoisotopic (exact) mass is 260 g/mol. The molecule has 0 aliphatic carbocycles. The van der Waals surface area contributed by atoms with Gasteiger partial charge in [-0.25, -0.2) is 0 Å². The molecule has 17 heavy (non-hydrogen) atoms. The first-order chi connectivity index (χ1) is 7.82. The number of hydrogen-bond acceptors (Lipinski definition) is 3. The highest BCUT2D eigenvalue weighted by atomic mass is 32.1. The van der Waals surface area contributed by atoms with Gasteiger partial charge in [0.2, 0.25) is 5.91 Å². The molecule has 5 heteroatoms. The van der Waals surface area contributed by atoms with E-state index in [1.165, 1.54) is 0 Å². The van der Waals surface area contributed by atoms with Gasteiger partial charge in [-0.1, -0.05) is 26.1 Å². The van der Waals surface area contributed by atoms with Gasteiger partial charge in [0.05, 0.1) is 11.1 Å². The number of carbonyl (C=O) groups is 1. The highest BCUT2D eigenvalue weighted by Crippen LogP contribution is 2.07. The average molecular weight is 260 g/mol. The third kappa shape index (κ3) is 9.06. The van der Waals surface area contributed by atoms with Crippen molar-refractivity contribution in [3.63, 3.8) is 0 Å². The number of thiocarbonyl (C=S) groups is 1. The molecule has 0 saturated carbocycles. The van der Waals surface area contributed by atoms with Crippen molar-refractivity contribution in [1.82, 2.24) is 4.90 Å². The number of ether oxygens (including phenoxy) is 1. The molecule has 1 atom stereocenters. The van der Waals surface area contributed by atoms with Crippen molar-refractivity contribution in [2.45, 2.75) is 39.7 Å². The second-order valence-corrected chi connectivity index (χ2v) is 5.31. The second-order valence-electron chi connectivity index (χ2n) is 4.78. The van der Waals surface area contributed by atoms with Gasteiger partial charge in [-0.2, -0.15) is 0 Å². The van der Waals surface area contributed by atoms with Crippen molar-refractivity contribution in [2.75, 3.05) is 20.2 Å². The molecule has 0 spiro atoms. The number of likely N-dealkylation sites (N-methyl/N-ethyl adjacent to an activating group) is 1. The van der Waals surface area contributed by atoms with Gasteiger partial charge in [-0.15, -0.1) is 0 Å². The molecule has 0 rings (SSSR count). The summed E-state index contributed by atoms with van der Waals surface area (Å²) in [6.07, 6.45) is 1.63. The SMILES string of the molecule is CC(C)CC(C)OCC(=O)N(C)CCC(N)=S. The van der Waals surface area contributed by atoms with E-state index in [0.717, 1.165) is 6.42 Å². The van der Waals surface area contributed by atoms with E-state index in [2.05, 4.69) is 13.8 Å². The van der Waals surface area contributed by atoms with E-state index in [0.29, 0.717) is 23.9 Å². The largest absolute Gasteiger partial charge is 0.393 e. The van der Waals surface area contributed by atoms with Gasteiger partial charge < -0.3 is 15.4 Å². The Morgan fingerprint density at radius 3 is 2.47 bits per heavy atom. The predicted molar refractivity (Wildman–Crippen MR) is 73.9 cm³/mol. The molecule has 100 valence electrons. The summed E-state index contributed by atoms with van der Waals surface area (Å²) in [5, 5.41) is 0. The molecule has 2 N–H and O–H groups in total. The van der Waals surface area contributed by atoms with Gasteiger partial charge in [0.15, 0.2) is 0 Å². The Labute approximate surface area is 109 Å². The highest BCUT2D eigenvalue weighted by molar-refractivity contribution is 7.80. The summed E-state index contributed by atoms with van der Waals surface area (Å²) in [4.78, 5) is 13.7. The Balaban J connectivity index is 3.80. The Hall–Kier alpha value is -0.680. The molecular weight excluding hydrogens is 236 g/mol. The zero-order valence-electron chi connectivity index (χ0n) is 11.2. The van der Waals surface area contributed by atoms with E-state index >= 15 is 0 Å². The lowest BCUT2D eigenvalue weighted by Crippen LogP contribution is -2.34. The van der Waals surface area contributed by atoms with Gasteiger partial charge in [0, 0.05) is 20.0 Å². The van der Waals surface area contributed by atoms with Gasteiger partial charge in [0.1, 0.15) is 6.61 Å². The summed E-state index contributed by atoms with van der Waals surface area (Å²) in [5.74, 6) is 0.546. The fourth-order valence-corrected chi connectivity index (χ4v) is 1.55. The number of nitrogens with two attached hydrogens (primary N) is 1. The summed E-state index contributed by atoms with van der Waals surface area (Å²) in [6, 6.07) is 0.